The number of rotatable bonds is 3. The van der Waals surface area contributed by atoms with E-state index in [1.165, 1.54) is 12.1 Å². The Hall–Kier alpha value is -2.80. The summed E-state index contributed by atoms with van der Waals surface area (Å²) in [4.78, 5) is 11.2. The Balaban J connectivity index is 1.33. The van der Waals surface area contributed by atoms with Crippen molar-refractivity contribution in [1.29, 1.82) is 0 Å². The number of fused-ring (bicyclic) bond motifs is 2. The lowest BCUT2D eigenvalue weighted by molar-refractivity contribution is 0.134. The molecule has 7 heteroatoms. The second kappa shape index (κ2) is 6.67. The number of aryl methyl sites for hydroxylation is 2. The second-order valence-corrected chi connectivity index (χ2v) is 7.51. The lowest BCUT2D eigenvalue weighted by Crippen LogP contribution is -2.38. The third-order valence-electron chi connectivity index (χ3n) is 5.46. The van der Waals surface area contributed by atoms with Gasteiger partial charge in [0.1, 0.15) is 29.2 Å². The van der Waals surface area contributed by atoms with Crippen LogP contribution >= 0.6 is 0 Å². The minimum absolute atomic E-state index is 0.0591. The summed E-state index contributed by atoms with van der Waals surface area (Å²) in [6.45, 7) is 6.28. The van der Waals surface area contributed by atoms with E-state index in [-0.39, 0.29) is 11.9 Å². The van der Waals surface area contributed by atoms with E-state index in [1.807, 2.05) is 19.9 Å². The highest BCUT2D eigenvalue weighted by atomic mass is 19.1. The first-order valence-electron chi connectivity index (χ1n) is 9.53. The van der Waals surface area contributed by atoms with Gasteiger partial charge in [0.05, 0.1) is 0 Å². The summed E-state index contributed by atoms with van der Waals surface area (Å²) < 4.78 is 25.3. The first kappa shape index (κ1) is 17.3. The lowest BCUT2D eigenvalue weighted by atomic mass is 10.0. The van der Waals surface area contributed by atoms with E-state index in [1.54, 1.807) is 6.07 Å². The molecule has 0 N–H and O–H groups in total. The largest absolute Gasteiger partial charge is 0.472 e. The molecule has 1 atom stereocenters. The molecule has 4 heterocycles. The van der Waals surface area contributed by atoms with Gasteiger partial charge in [-0.2, -0.15) is 4.98 Å². The maximum atomic E-state index is 13.6. The zero-order valence-corrected chi connectivity index (χ0v) is 15.9. The Kier molecular flexibility index (Phi) is 4.12. The Morgan fingerprint density at radius 2 is 2.11 bits per heavy atom. The molecule has 1 aromatic carbocycles. The first-order chi connectivity index (χ1) is 13.6. The molecule has 5 rings (SSSR count). The summed E-state index contributed by atoms with van der Waals surface area (Å²) in [6.07, 6.45) is 1.67. The maximum Gasteiger partial charge on any atom is 0.220 e. The van der Waals surface area contributed by atoms with Crippen LogP contribution in [0.2, 0.25) is 0 Å². The molecule has 0 spiro atoms. The molecule has 2 aliphatic rings. The molecule has 0 saturated carbocycles. The van der Waals surface area contributed by atoms with E-state index in [4.69, 9.17) is 9.26 Å². The van der Waals surface area contributed by atoms with Crippen molar-refractivity contribution in [3.8, 4) is 17.1 Å². The van der Waals surface area contributed by atoms with Crippen LogP contribution in [0.3, 0.4) is 0 Å². The van der Waals surface area contributed by atoms with Gasteiger partial charge in [-0.3, -0.25) is 4.90 Å². The standard InChI is InChI=1S/C21H21FN4O2/c1-12-17-9-16(27-21(17)24-13(2)23-12)10-26-7-6-19-18(11-26)20(25-28-19)14-4-3-5-15(22)8-14/h3-5,8,16H,6-7,9-11H2,1-2H3/t16-/m0/s1. The number of hydrogen-bond acceptors (Lipinski definition) is 6. The van der Waals surface area contributed by atoms with E-state index in [0.29, 0.717) is 6.54 Å². The minimum atomic E-state index is -0.272. The van der Waals surface area contributed by atoms with Gasteiger partial charge in [0.2, 0.25) is 5.88 Å². The van der Waals surface area contributed by atoms with E-state index in [9.17, 15) is 4.39 Å². The van der Waals surface area contributed by atoms with Crippen molar-refractivity contribution in [2.45, 2.75) is 39.3 Å². The van der Waals surface area contributed by atoms with Gasteiger partial charge in [-0.25, -0.2) is 9.37 Å². The van der Waals surface area contributed by atoms with Gasteiger partial charge in [0.25, 0.3) is 0 Å². The highest BCUT2D eigenvalue weighted by Gasteiger charge is 2.31. The molecular formula is C21H21FN4O2. The van der Waals surface area contributed by atoms with Gasteiger partial charge >= 0.3 is 0 Å². The SMILES string of the molecule is Cc1nc(C)c2c(n1)O[C@H](CN1CCc3onc(-c4cccc(F)c4)c3C1)C2. The van der Waals surface area contributed by atoms with E-state index >= 15 is 0 Å². The molecule has 0 amide bonds. The monoisotopic (exact) mass is 380 g/mol. The molecule has 2 aromatic heterocycles. The van der Waals surface area contributed by atoms with Crippen molar-refractivity contribution < 1.29 is 13.7 Å². The van der Waals surface area contributed by atoms with Crippen molar-refractivity contribution in [1.82, 2.24) is 20.0 Å². The van der Waals surface area contributed by atoms with E-state index in [0.717, 1.165) is 71.5 Å². The summed E-state index contributed by atoms with van der Waals surface area (Å²) in [5.41, 5.74) is 4.63. The van der Waals surface area contributed by atoms with Crippen LogP contribution in [0, 0.1) is 19.7 Å². The Labute approximate surface area is 162 Å². The van der Waals surface area contributed by atoms with Gasteiger partial charge in [-0.15, -0.1) is 0 Å². The topological polar surface area (TPSA) is 64.3 Å². The van der Waals surface area contributed by atoms with E-state index in [2.05, 4.69) is 20.0 Å². The highest BCUT2D eigenvalue weighted by molar-refractivity contribution is 5.63. The van der Waals surface area contributed by atoms with Crippen molar-refractivity contribution in [3.05, 3.63) is 58.5 Å². The molecule has 0 aliphatic carbocycles. The molecule has 28 heavy (non-hydrogen) atoms. The van der Waals surface area contributed by atoms with Crippen molar-refractivity contribution in [3.63, 3.8) is 0 Å². The van der Waals surface area contributed by atoms with Crippen LogP contribution in [0.25, 0.3) is 11.3 Å². The third kappa shape index (κ3) is 3.05. The van der Waals surface area contributed by atoms with Crippen molar-refractivity contribution >= 4 is 0 Å². The smallest absolute Gasteiger partial charge is 0.220 e. The molecule has 0 saturated heterocycles. The molecule has 2 aliphatic heterocycles. The maximum absolute atomic E-state index is 13.6. The van der Waals surface area contributed by atoms with Crippen LogP contribution < -0.4 is 4.74 Å². The fourth-order valence-electron chi connectivity index (χ4n) is 4.14. The number of hydrogen-bond donors (Lipinski definition) is 0. The normalized spacial score (nSPS) is 18.6. The first-order valence-corrected chi connectivity index (χ1v) is 9.53. The fraction of sp³-hybridized carbons (Fsp3) is 0.381. The average molecular weight is 380 g/mol. The van der Waals surface area contributed by atoms with Crippen LogP contribution in [0.15, 0.2) is 28.8 Å². The summed E-state index contributed by atoms with van der Waals surface area (Å²) in [7, 11) is 0. The predicted octanol–water partition coefficient (Wildman–Crippen LogP) is 3.25. The quantitative estimate of drug-likeness (QED) is 0.695. The van der Waals surface area contributed by atoms with Gasteiger partial charge in [0.15, 0.2) is 0 Å². The highest BCUT2D eigenvalue weighted by Crippen LogP contribution is 2.32. The van der Waals surface area contributed by atoms with Crippen molar-refractivity contribution in [2.75, 3.05) is 13.1 Å². The predicted molar refractivity (Wildman–Crippen MR) is 101 cm³/mol. The van der Waals surface area contributed by atoms with Crippen molar-refractivity contribution in [2.24, 2.45) is 0 Å². The number of benzene rings is 1. The lowest BCUT2D eigenvalue weighted by Gasteiger charge is -2.28. The average Bonchev–Trinajstić information content (AvgIpc) is 3.25. The van der Waals surface area contributed by atoms with Gasteiger partial charge < -0.3 is 9.26 Å². The Morgan fingerprint density at radius 3 is 2.96 bits per heavy atom. The van der Waals surface area contributed by atoms with E-state index < -0.39 is 0 Å². The van der Waals surface area contributed by atoms with Crippen LogP contribution in [0.1, 0.15) is 28.4 Å². The molecule has 0 unspecified atom stereocenters. The zero-order chi connectivity index (χ0) is 19.3. The molecule has 6 nitrogen and oxygen atoms in total. The summed E-state index contributed by atoms with van der Waals surface area (Å²) in [5.74, 6) is 2.08. The second-order valence-electron chi connectivity index (χ2n) is 7.51. The summed E-state index contributed by atoms with van der Waals surface area (Å²) in [5, 5.41) is 4.21. The van der Waals surface area contributed by atoms with Crippen LogP contribution in [0.5, 0.6) is 5.88 Å². The van der Waals surface area contributed by atoms with Gasteiger partial charge in [-0.05, 0) is 26.0 Å². The third-order valence-corrected chi connectivity index (χ3v) is 5.46. The minimum Gasteiger partial charge on any atom is -0.472 e. The van der Waals surface area contributed by atoms with Gasteiger partial charge in [-0.1, -0.05) is 17.3 Å². The molecule has 0 bridgehead atoms. The number of halogens is 1. The number of aromatic nitrogens is 3. The van der Waals surface area contributed by atoms with Crippen LogP contribution in [-0.4, -0.2) is 39.2 Å². The van der Waals surface area contributed by atoms with Crippen LogP contribution in [-0.2, 0) is 19.4 Å². The van der Waals surface area contributed by atoms with Gasteiger partial charge in [0, 0.05) is 54.9 Å². The molecule has 0 fully saturated rings. The zero-order valence-electron chi connectivity index (χ0n) is 15.9. The summed E-state index contributed by atoms with van der Waals surface area (Å²) >= 11 is 0. The Bertz CT molecular complexity index is 1050. The molecule has 3 aromatic rings. The Morgan fingerprint density at radius 1 is 1.21 bits per heavy atom. The number of ether oxygens (including phenoxy) is 1. The molecule has 0 radical (unpaired) electrons. The molecule has 144 valence electrons. The fourth-order valence-corrected chi connectivity index (χ4v) is 4.14. The van der Waals surface area contributed by atoms with Crippen LogP contribution in [0.4, 0.5) is 4.39 Å². The number of nitrogens with zero attached hydrogens (tertiary/aromatic N) is 4. The molecular weight excluding hydrogens is 359 g/mol. The summed E-state index contributed by atoms with van der Waals surface area (Å²) in [6, 6.07) is 6.49.